The van der Waals surface area contributed by atoms with Crippen molar-refractivity contribution in [3.8, 4) is 0 Å². The van der Waals surface area contributed by atoms with Crippen molar-refractivity contribution in [2.24, 2.45) is 0 Å². The van der Waals surface area contributed by atoms with E-state index in [0.29, 0.717) is 22.2 Å². The summed E-state index contributed by atoms with van der Waals surface area (Å²) >= 11 is 3.36. The van der Waals surface area contributed by atoms with Crippen LogP contribution < -0.4 is 0 Å². The minimum absolute atomic E-state index is 0.102. The van der Waals surface area contributed by atoms with Crippen LogP contribution in [0.4, 0.5) is 0 Å². The molecular formula is C16H14BrNO4. The molecule has 0 atom stereocenters. The highest BCUT2D eigenvalue weighted by molar-refractivity contribution is 9.10. The largest absolute Gasteiger partial charge is 0.462 e. The fraction of sp³-hybridized carbons (Fsp3) is 0.188. The maximum atomic E-state index is 11.9. The first-order valence-corrected chi connectivity index (χ1v) is 7.43. The average molecular weight is 364 g/mol. The van der Waals surface area contributed by atoms with E-state index < -0.39 is 5.97 Å². The molecule has 0 N–H and O–H groups in total. The predicted octanol–water partition coefficient (Wildman–Crippen LogP) is 3.38. The van der Waals surface area contributed by atoms with Crippen molar-refractivity contribution in [3.05, 3.63) is 63.9 Å². The fourth-order valence-corrected chi connectivity index (χ4v) is 2.21. The minimum atomic E-state index is -0.427. The van der Waals surface area contributed by atoms with Crippen molar-refractivity contribution in [3.63, 3.8) is 0 Å². The van der Waals surface area contributed by atoms with Gasteiger partial charge in [0.1, 0.15) is 6.61 Å². The third-order valence-electron chi connectivity index (χ3n) is 2.84. The Hall–Kier alpha value is -2.21. The van der Waals surface area contributed by atoms with Crippen molar-refractivity contribution < 1.29 is 19.1 Å². The third-order valence-corrected chi connectivity index (χ3v) is 3.58. The van der Waals surface area contributed by atoms with Crippen molar-refractivity contribution in [2.45, 2.75) is 13.5 Å². The molecule has 2 aromatic rings. The van der Waals surface area contributed by atoms with Crippen LogP contribution in [0.25, 0.3) is 0 Å². The molecule has 0 spiro atoms. The van der Waals surface area contributed by atoms with E-state index in [1.807, 2.05) is 0 Å². The topological polar surface area (TPSA) is 65.5 Å². The lowest BCUT2D eigenvalue weighted by Crippen LogP contribution is -2.07. The van der Waals surface area contributed by atoms with Gasteiger partial charge in [0.15, 0.2) is 0 Å². The van der Waals surface area contributed by atoms with E-state index in [1.54, 1.807) is 37.3 Å². The summed E-state index contributed by atoms with van der Waals surface area (Å²) in [5, 5.41) is 0. The summed E-state index contributed by atoms with van der Waals surface area (Å²) in [7, 11) is 0. The molecule has 0 saturated heterocycles. The summed E-state index contributed by atoms with van der Waals surface area (Å²) in [6.45, 7) is 2.17. The zero-order valence-corrected chi connectivity index (χ0v) is 13.5. The zero-order chi connectivity index (χ0) is 15.9. The SMILES string of the molecule is CCOC(=O)c1ccc(COC(=O)c2ccncc2)c(Br)c1. The van der Waals surface area contributed by atoms with Crippen molar-refractivity contribution >= 4 is 27.9 Å². The smallest absolute Gasteiger partial charge is 0.338 e. The lowest BCUT2D eigenvalue weighted by molar-refractivity contribution is 0.0468. The van der Waals surface area contributed by atoms with E-state index in [0.717, 1.165) is 5.56 Å². The van der Waals surface area contributed by atoms with Crippen LogP contribution in [0.1, 0.15) is 33.2 Å². The Morgan fingerprint density at radius 2 is 1.73 bits per heavy atom. The molecule has 22 heavy (non-hydrogen) atoms. The Labute approximate surface area is 136 Å². The Kier molecular flexibility index (Phi) is 5.66. The highest BCUT2D eigenvalue weighted by Gasteiger charge is 2.11. The van der Waals surface area contributed by atoms with E-state index in [9.17, 15) is 9.59 Å². The van der Waals surface area contributed by atoms with Crippen LogP contribution in [0.15, 0.2) is 47.2 Å². The van der Waals surface area contributed by atoms with Gasteiger partial charge in [-0.2, -0.15) is 0 Å². The maximum absolute atomic E-state index is 11.9. The molecule has 2 rings (SSSR count). The number of carbonyl (C=O) groups excluding carboxylic acids is 2. The Morgan fingerprint density at radius 1 is 1.05 bits per heavy atom. The van der Waals surface area contributed by atoms with E-state index in [1.165, 1.54) is 12.4 Å². The van der Waals surface area contributed by atoms with Crippen LogP contribution in [0.2, 0.25) is 0 Å². The van der Waals surface area contributed by atoms with Gasteiger partial charge in [0.2, 0.25) is 0 Å². The quantitative estimate of drug-likeness (QED) is 0.761. The molecule has 0 amide bonds. The highest BCUT2D eigenvalue weighted by Crippen LogP contribution is 2.20. The number of carbonyl (C=O) groups is 2. The van der Waals surface area contributed by atoms with E-state index in [4.69, 9.17) is 9.47 Å². The molecule has 0 aliphatic rings. The third kappa shape index (κ3) is 4.14. The molecule has 6 heteroatoms. The number of hydrogen-bond donors (Lipinski definition) is 0. The van der Waals surface area contributed by atoms with E-state index in [2.05, 4.69) is 20.9 Å². The van der Waals surface area contributed by atoms with Crippen LogP contribution in [-0.2, 0) is 16.1 Å². The number of halogens is 1. The van der Waals surface area contributed by atoms with Gasteiger partial charge in [0.25, 0.3) is 0 Å². The zero-order valence-electron chi connectivity index (χ0n) is 11.9. The summed E-state index contributed by atoms with van der Waals surface area (Å²) in [4.78, 5) is 27.3. The second-order valence-electron chi connectivity index (χ2n) is 4.34. The van der Waals surface area contributed by atoms with Crippen LogP contribution >= 0.6 is 15.9 Å². The first-order valence-electron chi connectivity index (χ1n) is 6.64. The summed E-state index contributed by atoms with van der Waals surface area (Å²) in [5.74, 6) is -0.813. The molecule has 1 aromatic heterocycles. The van der Waals surface area contributed by atoms with Crippen molar-refractivity contribution in [1.29, 1.82) is 0 Å². The van der Waals surface area contributed by atoms with Gasteiger partial charge < -0.3 is 9.47 Å². The van der Waals surface area contributed by atoms with Crippen LogP contribution in [0.5, 0.6) is 0 Å². The monoisotopic (exact) mass is 363 g/mol. The number of nitrogens with zero attached hydrogens (tertiary/aromatic N) is 1. The van der Waals surface area contributed by atoms with Gasteiger partial charge in [-0.1, -0.05) is 22.0 Å². The average Bonchev–Trinajstić information content (AvgIpc) is 2.54. The number of ether oxygens (including phenoxy) is 2. The van der Waals surface area contributed by atoms with Gasteiger partial charge >= 0.3 is 11.9 Å². The maximum Gasteiger partial charge on any atom is 0.338 e. The molecule has 0 fully saturated rings. The van der Waals surface area contributed by atoms with Crippen LogP contribution in [0.3, 0.4) is 0 Å². The second kappa shape index (κ2) is 7.70. The number of hydrogen-bond acceptors (Lipinski definition) is 5. The second-order valence-corrected chi connectivity index (χ2v) is 5.19. The lowest BCUT2D eigenvalue weighted by atomic mass is 10.1. The standard InChI is InChI=1S/C16H14BrNO4/c1-2-21-16(20)12-3-4-13(14(17)9-12)10-22-15(19)11-5-7-18-8-6-11/h3-9H,2,10H2,1H3. The van der Waals surface area contributed by atoms with Crippen molar-refractivity contribution in [2.75, 3.05) is 6.61 Å². The van der Waals surface area contributed by atoms with Gasteiger partial charge in [0, 0.05) is 22.4 Å². The molecule has 0 aliphatic carbocycles. The molecule has 114 valence electrons. The van der Waals surface area contributed by atoms with Gasteiger partial charge in [0.05, 0.1) is 17.7 Å². The highest BCUT2D eigenvalue weighted by atomic mass is 79.9. The number of pyridine rings is 1. The number of aromatic nitrogens is 1. The van der Waals surface area contributed by atoms with Gasteiger partial charge in [-0.3, -0.25) is 4.98 Å². The number of benzene rings is 1. The van der Waals surface area contributed by atoms with Gasteiger partial charge in [-0.15, -0.1) is 0 Å². The molecule has 0 aliphatic heterocycles. The minimum Gasteiger partial charge on any atom is -0.462 e. The molecule has 0 saturated carbocycles. The van der Waals surface area contributed by atoms with Crippen molar-refractivity contribution in [1.82, 2.24) is 4.98 Å². The summed E-state index contributed by atoms with van der Waals surface area (Å²) < 4.78 is 10.8. The summed E-state index contributed by atoms with van der Waals surface area (Å²) in [6.07, 6.45) is 3.06. The van der Waals surface area contributed by atoms with E-state index >= 15 is 0 Å². The summed E-state index contributed by atoms with van der Waals surface area (Å²) in [6, 6.07) is 8.17. The van der Waals surface area contributed by atoms with Gasteiger partial charge in [-0.25, -0.2) is 9.59 Å². The Balaban J connectivity index is 2.02. The van der Waals surface area contributed by atoms with E-state index in [-0.39, 0.29) is 12.6 Å². The molecule has 5 nitrogen and oxygen atoms in total. The van der Waals surface area contributed by atoms with Crippen LogP contribution in [0, 0.1) is 0 Å². The molecule has 0 bridgehead atoms. The molecule has 1 aromatic carbocycles. The number of esters is 2. The van der Waals surface area contributed by atoms with Crippen LogP contribution in [-0.4, -0.2) is 23.5 Å². The Morgan fingerprint density at radius 3 is 2.36 bits per heavy atom. The first-order chi connectivity index (χ1) is 10.6. The molecule has 0 radical (unpaired) electrons. The molecule has 1 heterocycles. The predicted molar refractivity (Wildman–Crippen MR) is 83.5 cm³/mol. The molecular weight excluding hydrogens is 350 g/mol. The Bertz CT molecular complexity index is 673. The molecule has 0 unspecified atom stereocenters. The fourth-order valence-electron chi connectivity index (χ4n) is 1.72. The number of rotatable bonds is 5. The van der Waals surface area contributed by atoms with Gasteiger partial charge in [-0.05, 0) is 31.2 Å². The lowest BCUT2D eigenvalue weighted by Gasteiger charge is -2.08. The normalized spacial score (nSPS) is 10.1. The summed E-state index contributed by atoms with van der Waals surface area (Å²) in [5.41, 5.74) is 1.64. The first kappa shape index (κ1) is 16.2.